The Labute approximate surface area is 128 Å². The molecule has 0 aromatic heterocycles. The van der Waals surface area contributed by atoms with Crippen LogP contribution in [-0.2, 0) is 19.1 Å². The number of benzene rings is 1. The lowest BCUT2D eigenvalue weighted by molar-refractivity contribution is -0.141. The summed E-state index contributed by atoms with van der Waals surface area (Å²) in [5.74, 6) is -0.746. The Morgan fingerprint density at radius 2 is 1.95 bits per heavy atom. The number of anilines is 1. The monoisotopic (exact) mass is 306 g/mol. The average molecular weight is 306 g/mol. The number of methoxy groups -OCH3 is 2. The van der Waals surface area contributed by atoms with Gasteiger partial charge in [0.2, 0.25) is 11.8 Å². The van der Waals surface area contributed by atoms with Gasteiger partial charge in [-0.1, -0.05) is 0 Å². The number of ether oxygens (including phenoxy) is 2. The Morgan fingerprint density at radius 1 is 1.27 bits per heavy atom. The molecule has 1 aromatic rings. The number of nitrogens with zero attached hydrogens (tertiary/aromatic N) is 1. The van der Waals surface area contributed by atoms with Crippen molar-refractivity contribution in [3.8, 4) is 5.75 Å². The molecule has 7 heteroatoms. The largest absolute Gasteiger partial charge is 0.497 e. The summed E-state index contributed by atoms with van der Waals surface area (Å²) in [6, 6.07) is 7.05. The van der Waals surface area contributed by atoms with E-state index in [1.165, 1.54) is 7.11 Å². The van der Waals surface area contributed by atoms with Gasteiger partial charge in [-0.25, -0.2) is 0 Å². The van der Waals surface area contributed by atoms with E-state index in [-0.39, 0.29) is 31.3 Å². The van der Waals surface area contributed by atoms with E-state index in [0.29, 0.717) is 11.4 Å². The summed E-state index contributed by atoms with van der Waals surface area (Å²) in [7, 11) is 2.82. The molecule has 0 radical (unpaired) electrons. The van der Waals surface area contributed by atoms with Crippen LogP contribution in [0.15, 0.2) is 24.3 Å². The number of carbonyl (C=O) groups is 3. The van der Waals surface area contributed by atoms with Gasteiger partial charge in [0, 0.05) is 18.7 Å². The molecule has 1 aromatic carbocycles. The first-order valence-corrected chi connectivity index (χ1v) is 6.84. The van der Waals surface area contributed by atoms with Gasteiger partial charge in [0.1, 0.15) is 12.3 Å². The molecule has 7 nitrogen and oxygen atoms in total. The van der Waals surface area contributed by atoms with E-state index in [9.17, 15) is 14.4 Å². The molecule has 0 bridgehead atoms. The van der Waals surface area contributed by atoms with E-state index >= 15 is 0 Å². The van der Waals surface area contributed by atoms with Gasteiger partial charge in [-0.3, -0.25) is 14.4 Å². The number of amides is 2. The van der Waals surface area contributed by atoms with Crippen molar-refractivity contribution in [1.82, 2.24) is 5.32 Å². The normalized spacial score (nSPS) is 17.3. The summed E-state index contributed by atoms with van der Waals surface area (Å²) < 4.78 is 9.53. The van der Waals surface area contributed by atoms with Gasteiger partial charge in [0.05, 0.1) is 20.1 Å². The standard InChI is InChI=1S/C15H18N2O5/c1-21-12-5-3-11(4-6-12)17-9-10(7-13(17)18)15(20)16-8-14(19)22-2/h3-6,10H,7-9H2,1-2H3,(H,16,20). The third-order valence-electron chi connectivity index (χ3n) is 3.51. The van der Waals surface area contributed by atoms with Crippen LogP contribution in [0, 0.1) is 5.92 Å². The van der Waals surface area contributed by atoms with Crippen LogP contribution >= 0.6 is 0 Å². The highest BCUT2D eigenvalue weighted by Crippen LogP contribution is 2.26. The van der Waals surface area contributed by atoms with E-state index in [4.69, 9.17) is 4.74 Å². The minimum atomic E-state index is -0.523. The third-order valence-corrected chi connectivity index (χ3v) is 3.51. The summed E-state index contributed by atoms with van der Waals surface area (Å²) in [5.41, 5.74) is 0.717. The quantitative estimate of drug-likeness (QED) is 0.793. The van der Waals surface area contributed by atoms with E-state index in [1.807, 2.05) is 0 Å². The number of esters is 1. The molecule has 1 aliphatic heterocycles. The lowest BCUT2D eigenvalue weighted by Gasteiger charge is -2.17. The van der Waals surface area contributed by atoms with Crippen molar-refractivity contribution in [3.05, 3.63) is 24.3 Å². The van der Waals surface area contributed by atoms with Gasteiger partial charge in [-0.2, -0.15) is 0 Å². The lowest BCUT2D eigenvalue weighted by Crippen LogP contribution is -2.36. The number of hydrogen-bond acceptors (Lipinski definition) is 5. The van der Waals surface area contributed by atoms with Crippen molar-refractivity contribution in [2.45, 2.75) is 6.42 Å². The van der Waals surface area contributed by atoms with Crippen molar-refractivity contribution in [3.63, 3.8) is 0 Å². The van der Waals surface area contributed by atoms with Crippen molar-refractivity contribution in [2.75, 3.05) is 32.2 Å². The van der Waals surface area contributed by atoms with Gasteiger partial charge < -0.3 is 19.7 Å². The average Bonchev–Trinajstić information content (AvgIpc) is 2.94. The number of carbonyl (C=O) groups excluding carboxylic acids is 3. The van der Waals surface area contributed by atoms with E-state index in [2.05, 4.69) is 10.1 Å². The minimum absolute atomic E-state index is 0.122. The molecule has 1 atom stereocenters. The van der Waals surface area contributed by atoms with Gasteiger partial charge in [0.15, 0.2) is 0 Å². The fraction of sp³-hybridized carbons (Fsp3) is 0.400. The maximum absolute atomic E-state index is 12.1. The van der Waals surface area contributed by atoms with Crippen molar-refractivity contribution in [1.29, 1.82) is 0 Å². The molecule has 1 unspecified atom stereocenters. The summed E-state index contributed by atoms with van der Waals surface area (Å²) in [5, 5.41) is 2.47. The summed E-state index contributed by atoms with van der Waals surface area (Å²) >= 11 is 0. The van der Waals surface area contributed by atoms with Crippen LogP contribution in [0.2, 0.25) is 0 Å². The molecule has 1 aliphatic rings. The van der Waals surface area contributed by atoms with Gasteiger partial charge in [-0.05, 0) is 24.3 Å². The highest BCUT2D eigenvalue weighted by molar-refractivity contribution is 6.00. The fourth-order valence-electron chi connectivity index (χ4n) is 2.27. The maximum atomic E-state index is 12.1. The topological polar surface area (TPSA) is 84.9 Å². The highest BCUT2D eigenvalue weighted by Gasteiger charge is 2.35. The molecule has 118 valence electrons. The molecule has 2 amide bonds. The molecule has 0 spiro atoms. The first kappa shape index (κ1) is 15.8. The zero-order valence-corrected chi connectivity index (χ0v) is 12.5. The van der Waals surface area contributed by atoms with Crippen LogP contribution < -0.4 is 15.0 Å². The summed E-state index contributed by atoms with van der Waals surface area (Å²) in [6.45, 7) is 0.0979. The number of nitrogens with one attached hydrogen (secondary N) is 1. The molecule has 1 heterocycles. The van der Waals surface area contributed by atoms with Crippen LogP contribution in [0.1, 0.15) is 6.42 Å². The molecule has 1 fully saturated rings. The van der Waals surface area contributed by atoms with Gasteiger partial charge in [-0.15, -0.1) is 0 Å². The fourth-order valence-corrected chi connectivity index (χ4v) is 2.27. The SMILES string of the molecule is COC(=O)CNC(=O)C1CC(=O)N(c2ccc(OC)cc2)C1. The molecule has 22 heavy (non-hydrogen) atoms. The predicted molar refractivity (Wildman–Crippen MR) is 78.5 cm³/mol. The third kappa shape index (κ3) is 3.55. The first-order chi connectivity index (χ1) is 10.5. The van der Waals surface area contributed by atoms with Gasteiger partial charge in [0.25, 0.3) is 0 Å². The van der Waals surface area contributed by atoms with Crippen molar-refractivity contribution < 1.29 is 23.9 Å². The van der Waals surface area contributed by atoms with Crippen LogP contribution in [0.25, 0.3) is 0 Å². The predicted octanol–water partition coefficient (Wildman–Crippen LogP) is 0.337. The zero-order valence-electron chi connectivity index (χ0n) is 12.5. The lowest BCUT2D eigenvalue weighted by atomic mass is 10.1. The van der Waals surface area contributed by atoms with Crippen LogP contribution in [-0.4, -0.2) is 45.1 Å². The van der Waals surface area contributed by atoms with Crippen LogP contribution in [0.5, 0.6) is 5.75 Å². The van der Waals surface area contributed by atoms with E-state index in [1.54, 1.807) is 36.3 Å². The van der Waals surface area contributed by atoms with E-state index in [0.717, 1.165) is 0 Å². The molecular weight excluding hydrogens is 288 g/mol. The van der Waals surface area contributed by atoms with Crippen molar-refractivity contribution in [2.24, 2.45) is 5.92 Å². The van der Waals surface area contributed by atoms with Gasteiger partial charge >= 0.3 is 5.97 Å². The Kier molecular flexibility index (Phi) is 4.98. The highest BCUT2D eigenvalue weighted by atomic mass is 16.5. The second-order valence-corrected chi connectivity index (χ2v) is 4.90. The summed E-state index contributed by atoms with van der Waals surface area (Å²) in [6.07, 6.45) is 0.124. The number of hydrogen-bond donors (Lipinski definition) is 1. The minimum Gasteiger partial charge on any atom is -0.497 e. The van der Waals surface area contributed by atoms with E-state index < -0.39 is 11.9 Å². The van der Waals surface area contributed by atoms with Crippen molar-refractivity contribution >= 4 is 23.5 Å². The Hall–Kier alpha value is -2.57. The Morgan fingerprint density at radius 3 is 2.55 bits per heavy atom. The summed E-state index contributed by atoms with van der Waals surface area (Å²) in [4.78, 5) is 36.6. The second kappa shape index (κ2) is 6.93. The van der Waals surface area contributed by atoms with Crippen LogP contribution in [0.4, 0.5) is 5.69 Å². The molecular formula is C15H18N2O5. The number of rotatable bonds is 5. The first-order valence-electron chi connectivity index (χ1n) is 6.84. The molecule has 0 saturated carbocycles. The molecule has 1 N–H and O–H groups in total. The Balaban J connectivity index is 1.97. The zero-order chi connectivity index (χ0) is 16.1. The smallest absolute Gasteiger partial charge is 0.325 e. The van der Waals surface area contributed by atoms with Crippen LogP contribution in [0.3, 0.4) is 0 Å². The second-order valence-electron chi connectivity index (χ2n) is 4.90. The maximum Gasteiger partial charge on any atom is 0.325 e. The molecule has 0 aliphatic carbocycles. The molecule has 2 rings (SSSR count). The Bertz CT molecular complexity index is 570. The molecule has 1 saturated heterocycles.